The first-order valence-corrected chi connectivity index (χ1v) is 21.9. The van der Waals surface area contributed by atoms with E-state index in [1.165, 1.54) is 73.4 Å². The lowest BCUT2D eigenvalue weighted by Crippen LogP contribution is -2.33. The second-order valence-corrected chi connectivity index (χ2v) is 19.1. The van der Waals surface area contributed by atoms with E-state index in [4.69, 9.17) is 9.47 Å². The second-order valence-electron chi connectivity index (χ2n) is 19.1. The summed E-state index contributed by atoms with van der Waals surface area (Å²) < 4.78 is 11.3. The van der Waals surface area contributed by atoms with E-state index < -0.39 is 17.4 Å². The molecule has 3 unspecified atom stereocenters. The first-order chi connectivity index (χ1) is 29.8. The number of allylic oxidation sites excluding steroid dienone is 14. The number of hydrogen-bond donors (Lipinski definition) is 0. The molecule has 0 saturated heterocycles. The molecule has 0 bridgehead atoms. The lowest BCUT2D eigenvalue weighted by molar-refractivity contribution is -0.139. The van der Waals surface area contributed by atoms with Crippen molar-refractivity contribution < 1.29 is 19.1 Å². The van der Waals surface area contributed by atoms with Gasteiger partial charge < -0.3 is 9.47 Å². The molecule has 0 heterocycles. The van der Waals surface area contributed by atoms with Crippen molar-refractivity contribution in [1.82, 2.24) is 0 Å². The number of esters is 2. The van der Waals surface area contributed by atoms with Gasteiger partial charge in [-0.15, -0.1) is 0 Å². The molecule has 4 aromatic rings. The third-order valence-electron chi connectivity index (χ3n) is 14.3. The van der Waals surface area contributed by atoms with E-state index in [0.29, 0.717) is 24.7 Å². The van der Waals surface area contributed by atoms with Gasteiger partial charge in [-0.25, -0.2) is 9.59 Å². The molecule has 308 valence electrons. The number of ether oxygens (including phenoxy) is 2. The Bertz CT molecular complexity index is 2890. The molecule has 4 heteroatoms. The van der Waals surface area contributed by atoms with Gasteiger partial charge in [0.15, 0.2) is 0 Å². The third-order valence-corrected chi connectivity index (χ3v) is 14.3. The van der Waals surface area contributed by atoms with E-state index in [1.54, 1.807) is 0 Å². The second kappa shape index (κ2) is 14.6. The van der Waals surface area contributed by atoms with Gasteiger partial charge in [0, 0.05) is 29.4 Å². The molecule has 62 heavy (non-hydrogen) atoms. The van der Waals surface area contributed by atoms with Crippen molar-refractivity contribution in [2.24, 2.45) is 17.3 Å². The Labute approximate surface area is 365 Å². The summed E-state index contributed by atoms with van der Waals surface area (Å²) >= 11 is 0. The average molecular weight is 813 g/mol. The van der Waals surface area contributed by atoms with Crippen LogP contribution in [0.25, 0.3) is 39.0 Å². The highest BCUT2D eigenvalue weighted by Crippen LogP contribution is 2.56. The fourth-order valence-electron chi connectivity index (χ4n) is 11.1. The van der Waals surface area contributed by atoms with Crippen LogP contribution >= 0.6 is 0 Å². The monoisotopic (exact) mass is 812 g/mol. The Kier molecular flexibility index (Phi) is 9.30. The van der Waals surface area contributed by atoms with Crippen LogP contribution in [-0.4, -0.2) is 25.2 Å². The maximum Gasteiger partial charge on any atom is 0.330 e. The summed E-state index contributed by atoms with van der Waals surface area (Å²) in [5.41, 5.74) is 20.7. The molecule has 3 atom stereocenters. The van der Waals surface area contributed by atoms with Crippen molar-refractivity contribution in [3.8, 4) is 33.4 Å². The molecule has 0 aromatic heterocycles. The van der Waals surface area contributed by atoms with Crippen LogP contribution in [0.5, 0.6) is 0 Å². The van der Waals surface area contributed by atoms with Crippen LogP contribution in [0.2, 0.25) is 0 Å². The number of carbonyl (C=O) groups excluding carboxylic acids is 2. The highest BCUT2D eigenvalue weighted by atomic mass is 16.5. The van der Waals surface area contributed by atoms with E-state index in [-0.39, 0.29) is 24.0 Å². The van der Waals surface area contributed by atoms with Gasteiger partial charge in [-0.2, -0.15) is 0 Å². The smallest absolute Gasteiger partial charge is 0.330 e. The van der Waals surface area contributed by atoms with Crippen LogP contribution in [0.4, 0.5) is 0 Å². The summed E-state index contributed by atoms with van der Waals surface area (Å²) in [6, 6.07) is 29.1. The number of hydrogen-bond acceptors (Lipinski definition) is 4. The predicted octanol–water partition coefficient (Wildman–Crippen LogP) is 13.1. The minimum atomic E-state index is -0.645. The molecule has 0 spiro atoms. The van der Waals surface area contributed by atoms with Crippen LogP contribution in [0.1, 0.15) is 75.3 Å². The van der Waals surface area contributed by atoms with E-state index >= 15 is 0 Å². The minimum absolute atomic E-state index is 0.0917. The van der Waals surface area contributed by atoms with Crippen molar-refractivity contribution in [1.29, 1.82) is 0 Å². The first kappa shape index (κ1) is 39.6. The minimum Gasteiger partial charge on any atom is -0.463 e. The molecule has 6 aliphatic rings. The Balaban J connectivity index is 1.00. The topological polar surface area (TPSA) is 52.6 Å². The fourth-order valence-corrected chi connectivity index (χ4v) is 11.1. The summed E-state index contributed by atoms with van der Waals surface area (Å²) in [4.78, 5) is 24.5. The van der Waals surface area contributed by atoms with Gasteiger partial charge in [0.2, 0.25) is 0 Å². The number of rotatable bonds is 10. The van der Waals surface area contributed by atoms with Crippen LogP contribution < -0.4 is 0 Å². The van der Waals surface area contributed by atoms with Crippen molar-refractivity contribution >= 4 is 17.5 Å². The Morgan fingerprint density at radius 3 is 1.95 bits per heavy atom. The molecule has 10 rings (SSSR count). The summed E-state index contributed by atoms with van der Waals surface area (Å²) in [7, 11) is 0. The molecule has 4 nitrogen and oxygen atoms in total. The number of carbonyl (C=O) groups is 2. The molecular weight excluding hydrogens is 761 g/mol. The Hall–Kier alpha value is -6.52. The lowest BCUT2D eigenvalue weighted by Gasteiger charge is -2.42. The van der Waals surface area contributed by atoms with Crippen LogP contribution in [-0.2, 0) is 29.9 Å². The molecule has 0 N–H and O–H groups in total. The average Bonchev–Trinajstić information content (AvgIpc) is 3.68. The van der Waals surface area contributed by atoms with Crippen molar-refractivity contribution in [3.05, 3.63) is 208 Å². The van der Waals surface area contributed by atoms with Gasteiger partial charge >= 0.3 is 11.9 Å². The quantitative estimate of drug-likeness (QED) is 0.0909. The van der Waals surface area contributed by atoms with E-state index in [9.17, 15) is 9.59 Å². The van der Waals surface area contributed by atoms with E-state index in [0.717, 1.165) is 33.4 Å². The maximum atomic E-state index is 12.6. The lowest BCUT2D eigenvalue weighted by atomic mass is 9.61. The zero-order valence-electron chi connectivity index (χ0n) is 36.3. The van der Waals surface area contributed by atoms with Crippen LogP contribution in [0, 0.1) is 17.3 Å². The SMILES string of the molecule is C=CC(=O)OCCCC1(COC(=O)C=C)c2ccccc2-c2ccc(-c3ccc4c(c3)C(C)(C)c3cc(C5=C6C=CC7=CC(C(C)(C)C)=CC8=CC=C(C=C5)C6C87)ccc3-4)cc21. The third kappa shape index (κ3) is 6.17. The molecule has 0 amide bonds. The molecular formula is C58H52O4. The molecule has 4 aromatic carbocycles. The van der Waals surface area contributed by atoms with Crippen molar-refractivity contribution in [2.75, 3.05) is 13.2 Å². The van der Waals surface area contributed by atoms with E-state index in [2.05, 4.69) is 169 Å². The van der Waals surface area contributed by atoms with Gasteiger partial charge in [-0.3, -0.25) is 0 Å². The zero-order valence-corrected chi connectivity index (χ0v) is 36.3. The highest BCUT2D eigenvalue weighted by Gasteiger charge is 2.45. The van der Waals surface area contributed by atoms with Crippen LogP contribution in [0.3, 0.4) is 0 Å². The summed E-state index contributed by atoms with van der Waals surface area (Å²) in [6.45, 7) is 19.2. The standard InChI is InChI=1S/C58H52O4/c1-8-52(59)61-28-12-27-58(34-62-53(60)9-2)48-14-11-10-13-43(48)46-24-19-37(32-51(46)58)36-18-23-44-45-25-20-38(33-50(45)57(6,7)49(44)31-36)42-22-17-35-15-16-39-29-41(56(3,4)5)30-40-21-26-47(42)55(35)54(39)40/h8-11,13-26,29-33,54-55H,1-2,12,27-28,34H2,3-7H3. The molecule has 6 aliphatic carbocycles. The van der Waals surface area contributed by atoms with Gasteiger partial charge in [0.25, 0.3) is 0 Å². The molecule has 0 radical (unpaired) electrons. The van der Waals surface area contributed by atoms with Crippen molar-refractivity contribution in [3.63, 3.8) is 0 Å². The molecule has 0 aliphatic heterocycles. The van der Waals surface area contributed by atoms with Gasteiger partial charge in [-0.1, -0.05) is 157 Å². The normalized spacial score (nSPS) is 21.6. The Morgan fingerprint density at radius 2 is 1.24 bits per heavy atom. The van der Waals surface area contributed by atoms with Crippen molar-refractivity contribution in [2.45, 2.75) is 58.3 Å². The number of fused-ring (bicyclic) bond motifs is 6. The molecule has 0 saturated carbocycles. The summed E-state index contributed by atoms with van der Waals surface area (Å²) in [5.74, 6) is -0.261. The summed E-state index contributed by atoms with van der Waals surface area (Å²) in [6.07, 6.45) is 22.6. The van der Waals surface area contributed by atoms with E-state index in [1.807, 2.05) is 6.07 Å². The first-order valence-electron chi connectivity index (χ1n) is 21.9. The fraction of sp³-hybridized carbons (Fsp3) is 0.241. The number of benzene rings is 4. The van der Waals surface area contributed by atoms with Gasteiger partial charge in [0.05, 0.1) is 12.0 Å². The van der Waals surface area contributed by atoms with Crippen LogP contribution in [0.15, 0.2) is 181 Å². The largest absolute Gasteiger partial charge is 0.463 e. The zero-order chi connectivity index (χ0) is 43.1. The Morgan fingerprint density at radius 1 is 0.645 bits per heavy atom. The van der Waals surface area contributed by atoms with Gasteiger partial charge in [0.1, 0.15) is 6.61 Å². The maximum absolute atomic E-state index is 12.6. The van der Waals surface area contributed by atoms with Gasteiger partial charge in [-0.05, 0) is 131 Å². The summed E-state index contributed by atoms with van der Waals surface area (Å²) in [5, 5.41) is 0. The predicted molar refractivity (Wildman–Crippen MR) is 251 cm³/mol. The molecule has 0 fully saturated rings. The highest BCUT2D eigenvalue weighted by molar-refractivity contribution is 5.90.